The molecule has 0 unspecified atom stereocenters. The van der Waals surface area contributed by atoms with Gasteiger partial charge in [0.15, 0.2) is 0 Å². The van der Waals surface area contributed by atoms with Crippen LogP contribution in [-0.4, -0.2) is 39.9 Å². The smallest absolute Gasteiger partial charge is 0.295 e. The van der Waals surface area contributed by atoms with Crippen molar-refractivity contribution in [1.82, 2.24) is 14.3 Å². The largest absolute Gasteiger partial charge is 0.379 e. The van der Waals surface area contributed by atoms with Crippen LogP contribution in [0.1, 0.15) is 37.8 Å². The first kappa shape index (κ1) is 17.4. The number of nitrogens with zero attached hydrogens (tertiary/aromatic N) is 3. The third-order valence-electron chi connectivity index (χ3n) is 6.32. The lowest BCUT2D eigenvalue weighted by atomic mass is 9.83. The summed E-state index contributed by atoms with van der Waals surface area (Å²) in [6, 6.07) is 10.6. The first-order chi connectivity index (χ1) is 12.7. The maximum Gasteiger partial charge on any atom is 0.295 e. The number of hydrogen-bond donors (Lipinski definition) is 1. The molecule has 1 aromatic carbocycles. The van der Waals surface area contributed by atoms with Crippen molar-refractivity contribution in [2.75, 3.05) is 25.0 Å². The van der Waals surface area contributed by atoms with E-state index in [1.165, 1.54) is 45.2 Å². The van der Waals surface area contributed by atoms with Crippen molar-refractivity contribution in [2.24, 2.45) is 13.0 Å². The molecule has 0 aliphatic carbocycles. The number of nitrogens with one attached hydrogen (secondary N) is 1. The lowest BCUT2D eigenvalue weighted by Gasteiger charge is -2.44. The summed E-state index contributed by atoms with van der Waals surface area (Å²) in [7, 11) is 1.96. The van der Waals surface area contributed by atoms with E-state index in [0.29, 0.717) is 12.0 Å². The van der Waals surface area contributed by atoms with E-state index in [1.54, 1.807) is 4.68 Å². The third-order valence-corrected chi connectivity index (χ3v) is 6.32. The van der Waals surface area contributed by atoms with Crippen molar-refractivity contribution in [3.05, 3.63) is 46.4 Å². The molecule has 2 fully saturated rings. The second-order valence-corrected chi connectivity index (χ2v) is 7.82. The van der Waals surface area contributed by atoms with Gasteiger partial charge in [0.1, 0.15) is 5.69 Å². The Labute approximate surface area is 155 Å². The normalized spacial score (nSPS) is 23.6. The molecule has 2 aliphatic heterocycles. The topological polar surface area (TPSA) is 42.2 Å². The van der Waals surface area contributed by atoms with Gasteiger partial charge < -0.3 is 10.2 Å². The Hall–Kier alpha value is -2.01. The van der Waals surface area contributed by atoms with Crippen molar-refractivity contribution in [2.45, 2.75) is 45.1 Å². The van der Waals surface area contributed by atoms with Gasteiger partial charge in [0.2, 0.25) is 0 Å². The fourth-order valence-corrected chi connectivity index (χ4v) is 4.82. The van der Waals surface area contributed by atoms with Crippen LogP contribution in [0.25, 0.3) is 5.69 Å². The fourth-order valence-electron chi connectivity index (χ4n) is 4.82. The number of rotatable bonds is 4. The molecule has 4 rings (SSSR count). The van der Waals surface area contributed by atoms with Crippen LogP contribution in [0.2, 0.25) is 0 Å². The summed E-state index contributed by atoms with van der Waals surface area (Å²) in [6.07, 6.45) is 6.56. The maximum absolute atomic E-state index is 13.0. The molecular formula is C21H30N4O. The first-order valence-corrected chi connectivity index (χ1v) is 9.99. The molecular weight excluding hydrogens is 324 g/mol. The summed E-state index contributed by atoms with van der Waals surface area (Å²) in [5.74, 6) is 0.647. The second-order valence-electron chi connectivity index (χ2n) is 7.82. The molecule has 0 spiro atoms. The van der Waals surface area contributed by atoms with Crippen molar-refractivity contribution in [1.29, 1.82) is 0 Å². The average molecular weight is 354 g/mol. The molecule has 5 heteroatoms. The highest BCUT2D eigenvalue weighted by molar-refractivity contribution is 5.49. The van der Waals surface area contributed by atoms with Crippen LogP contribution in [-0.2, 0) is 7.05 Å². The summed E-state index contributed by atoms with van der Waals surface area (Å²) in [4.78, 5) is 15.7. The average Bonchev–Trinajstić information content (AvgIpc) is 2.89. The van der Waals surface area contributed by atoms with Crippen LogP contribution in [0.4, 0.5) is 5.69 Å². The monoisotopic (exact) mass is 354 g/mol. The van der Waals surface area contributed by atoms with Crippen molar-refractivity contribution in [3.63, 3.8) is 0 Å². The zero-order valence-electron chi connectivity index (χ0n) is 15.9. The summed E-state index contributed by atoms with van der Waals surface area (Å²) in [5.41, 5.74) is 2.71. The molecule has 0 radical (unpaired) electrons. The molecule has 2 atom stereocenters. The van der Waals surface area contributed by atoms with E-state index in [2.05, 4.69) is 10.2 Å². The third kappa shape index (κ3) is 3.09. The van der Waals surface area contributed by atoms with Gasteiger partial charge >= 0.3 is 0 Å². The van der Waals surface area contributed by atoms with Crippen LogP contribution in [0.3, 0.4) is 0 Å². The van der Waals surface area contributed by atoms with Gasteiger partial charge in [0.05, 0.1) is 11.4 Å². The Kier molecular flexibility index (Phi) is 4.90. The molecule has 1 aromatic heterocycles. The lowest BCUT2D eigenvalue weighted by Crippen LogP contribution is -2.49. The van der Waals surface area contributed by atoms with E-state index in [4.69, 9.17) is 0 Å². The van der Waals surface area contributed by atoms with Gasteiger partial charge in [-0.05, 0) is 63.7 Å². The fraction of sp³-hybridized carbons (Fsp3) is 0.571. The van der Waals surface area contributed by atoms with Crippen molar-refractivity contribution in [3.8, 4) is 5.69 Å². The number of fused-ring (bicyclic) bond motifs is 1. The molecule has 2 aromatic rings. The molecule has 2 aliphatic rings. The summed E-state index contributed by atoms with van der Waals surface area (Å²) >= 11 is 0. The Morgan fingerprint density at radius 3 is 2.65 bits per heavy atom. The minimum absolute atomic E-state index is 0.0486. The van der Waals surface area contributed by atoms with Gasteiger partial charge in [0.25, 0.3) is 5.56 Å². The minimum atomic E-state index is 0.0486. The SMILES string of the molecule is Cc1c(NC[C@@H]2CCCN3CCCC[C@H]23)c(=O)n(-c2ccccc2)n1C. The summed E-state index contributed by atoms with van der Waals surface area (Å²) in [5, 5.41) is 3.53. The number of hydrogen-bond acceptors (Lipinski definition) is 3. The molecule has 140 valence electrons. The molecule has 0 amide bonds. The van der Waals surface area contributed by atoms with E-state index in [-0.39, 0.29) is 5.56 Å². The van der Waals surface area contributed by atoms with Gasteiger partial charge in [-0.15, -0.1) is 0 Å². The van der Waals surface area contributed by atoms with Gasteiger partial charge in [-0.1, -0.05) is 24.6 Å². The van der Waals surface area contributed by atoms with Gasteiger partial charge in [-0.3, -0.25) is 9.48 Å². The van der Waals surface area contributed by atoms with Crippen molar-refractivity contribution >= 4 is 5.69 Å². The molecule has 5 nitrogen and oxygen atoms in total. The Balaban J connectivity index is 1.55. The number of benzene rings is 1. The molecule has 1 N–H and O–H groups in total. The van der Waals surface area contributed by atoms with E-state index in [1.807, 2.05) is 49.0 Å². The standard InChI is InChI=1S/C21H30N4O/c1-16-20(21(26)25(23(16)2)18-10-4-3-5-11-18)22-15-17-9-8-14-24-13-7-6-12-19(17)24/h3-5,10-11,17,19,22H,6-9,12-15H2,1-2H3/t17-,19+/m0/s1. The summed E-state index contributed by atoms with van der Waals surface area (Å²) < 4.78 is 3.71. The highest BCUT2D eigenvalue weighted by atomic mass is 16.1. The first-order valence-electron chi connectivity index (χ1n) is 9.99. The molecule has 26 heavy (non-hydrogen) atoms. The summed E-state index contributed by atoms with van der Waals surface area (Å²) in [6.45, 7) is 5.44. The van der Waals surface area contributed by atoms with Crippen LogP contribution < -0.4 is 10.9 Å². The van der Waals surface area contributed by atoms with Crippen LogP contribution in [0.5, 0.6) is 0 Å². The maximum atomic E-state index is 13.0. The van der Waals surface area contributed by atoms with Crippen LogP contribution in [0, 0.1) is 12.8 Å². The second kappa shape index (κ2) is 7.31. The van der Waals surface area contributed by atoms with Crippen LogP contribution in [0.15, 0.2) is 35.1 Å². The predicted molar refractivity (Wildman–Crippen MR) is 106 cm³/mol. The Bertz CT molecular complexity index is 805. The lowest BCUT2D eigenvalue weighted by molar-refractivity contribution is 0.0649. The van der Waals surface area contributed by atoms with Gasteiger partial charge in [0, 0.05) is 19.6 Å². The zero-order chi connectivity index (χ0) is 18.1. The van der Waals surface area contributed by atoms with Crippen molar-refractivity contribution < 1.29 is 0 Å². The number of anilines is 1. The number of aromatic nitrogens is 2. The predicted octanol–water partition coefficient (Wildman–Crippen LogP) is 3.16. The molecule has 0 bridgehead atoms. The Morgan fingerprint density at radius 1 is 1.08 bits per heavy atom. The van der Waals surface area contributed by atoms with Crippen LogP contribution >= 0.6 is 0 Å². The molecule has 2 saturated heterocycles. The zero-order valence-corrected chi connectivity index (χ0v) is 15.9. The van der Waals surface area contributed by atoms with E-state index in [9.17, 15) is 4.79 Å². The van der Waals surface area contributed by atoms with E-state index >= 15 is 0 Å². The van der Waals surface area contributed by atoms with E-state index < -0.39 is 0 Å². The minimum Gasteiger partial charge on any atom is -0.379 e. The molecule has 3 heterocycles. The quantitative estimate of drug-likeness (QED) is 0.917. The highest BCUT2D eigenvalue weighted by Crippen LogP contribution is 2.31. The number of para-hydroxylation sites is 1. The van der Waals surface area contributed by atoms with E-state index in [0.717, 1.165) is 23.6 Å². The molecule has 0 saturated carbocycles. The Morgan fingerprint density at radius 2 is 1.85 bits per heavy atom. The van der Waals surface area contributed by atoms with Gasteiger partial charge in [-0.25, -0.2) is 4.68 Å². The number of piperidine rings is 2. The van der Waals surface area contributed by atoms with Gasteiger partial charge in [-0.2, -0.15) is 0 Å². The highest BCUT2D eigenvalue weighted by Gasteiger charge is 2.33.